The first-order valence-corrected chi connectivity index (χ1v) is 6.94. The minimum absolute atomic E-state index is 0.00522. The summed E-state index contributed by atoms with van der Waals surface area (Å²) >= 11 is 0. The number of ether oxygens (including phenoxy) is 1. The molecule has 0 spiro atoms. The molecule has 0 aliphatic carbocycles. The van der Waals surface area contributed by atoms with Gasteiger partial charge in [-0.05, 0) is 32.5 Å². The molecule has 116 valence electrons. The topological polar surface area (TPSA) is 78.9 Å². The van der Waals surface area contributed by atoms with E-state index in [0.29, 0.717) is 24.5 Å². The second-order valence-corrected chi connectivity index (χ2v) is 4.65. The summed E-state index contributed by atoms with van der Waals surface area (Å²) in [5.74, 6) is -0.604. The fraction of sp³-hybridized carbons (Fsp3) is 0.467. The van der Waals surface area contributed by atoms with E-state index in [2.05, 4.69) is 5.32 Å². The van der Waals surface area contributed by atoms with E-state index in [9.17, 15) is 9.59 Å². The number of carbonyl (C=O) groups is 2. The zero-order valence-corrected chi connectivity index (χ0v) is 12.6. The Kier molecular flexibility index (Phi) is 6.68. The fourth-order valence-electron chi connectivity index (χ4n) is 2.05. The van der Waals surface area contributed by atoms with Crippen molar-refractivity contribution in [3.8, 4) is 5.75 Å². The molecule has 1 aromatic carbocycles. The van der Waals surface area contributed by atoms with E-state index in [4.69, 9.17) is 9.84 Å². The third kappa shape index (κ3) is 5.07. The Bertz CT molecular complexity index is 490. The minimum atomic E-state index is -0.928. The lowest BCUT2D eigenvalue weighted by atomic mass is 10.2. The van der Waals surface area contributed by atoms with Crippen LogP contribution in [0.1, 0.15) is 20.3 Å². The highest BCUT2D eigenvalue weighted by molar-refractivity contribution is 5.94. The van der Waals surface area contributed by atoms with Crippen molar-refractivity contribution in [1.82, 2.24) is 4.90 Å². The summed E-state index contributed by atoms with van der Waals surface area (Å²) in [5.41, 5.74) is 0.584. The molecular formula is C15H22N2O4. The van der Waals surface area contributed by atoms with E-state index in [-0.39, 0.29) is 12.5 Å². The quantitative estimate of drug-likeness (QED) is 0.764. The standard InChI is InChI=1S/C15H22N2O4/c1-4-12(15(19)20)17(3)10-14(18)16-11-8-6-7-9-13(11)21-5-2/h6-9,12H,4-5,10H2,1-3H3,(H,16,18)(H,19,20). The first-order valence-electron chi connectivity index (χ1n) is 6.94. The number of para-hydroxylation sites is 2. The van der Waals surface area contributed by atoms with Gasteiger partial charge in [0.25, 0.3) is 0 Å². The Balaban J connectivity index is 2.67. The average molecular weight is 294 g/mol. The molecule has 0 saturated carbocycles. The molecule has 0 heterocycles. The maximum Gasteiger partial charge on any atom is 0.320 e. The van der Waals surface area contributed by atoms with E-state index < -0.39 is 12.0 Å². The summed E-state index contributed by atoms with van der Waals surface area (Å²) in [4.78, 5) is 24.6. The van der Waals surface area contributed by atoms with Crippen molar-refractivity contribution in [2.75, 3.05) is 25.5 Å². The largest absolute Gasteiger partial charge is 0.492 e. The summed E-state index contributed by atoms with van der Waals surface area (Å²) in [7, 11) is 1.62. The van der Waals surface area contributed by atoms with Gasteiger partial charge in [-0.25, -0.2) is 0 Å². The Morgan fingerprint density at radius 1 is 1.33 bits per heavy atom. The number of likely N-dealkylation sites (N-methyl/N-ethyl adjacent to an activating group) is 1. The van der Waals surface area contributed by atoms with Gasteiger partial charge >= 0.3 is 5.97 Å². The van der Waals surface area contributed by atoms with Crippen LogP contribution in [0.5, 0.6) is 5.75 Å². The number of rotatable bonds is 8. The Labute approximate surface area is 124 Å². The highest BCUT2D eigenvalue weighted by atomic mass is 16.5. The van der Waals surface area contributed by atoms with Crippen molar-refractivity contribution in [1.29, 1.82) is 0 Å². The minimum Gasteiger partial charge on any atom is -0.492 e. The monoisotopic (exact) mass is 294 g/mol. The Morgan fingerprint density at radius 2 is 2.00 bits per heavy atom. The molecule has 6 nitrogen and oxygen atoms in total. The summed E-state index contributed by atoms with van der Waals surface area (Å²) < 4.78 is 5.43. The van der Waals surface area contributed by atoms with Crippen LogP contribution < -0.4 is 10.1 Å². The normalized spacial score (nSPS) is 12.0. The lowest BCUT2D eigenvalue weighted by Crippen LogP contribution is -2.42. The Morgan fingerprint density at radius 3 is 2.57 bits per heavy atom. The van der Waals surface area contributed by atoms with Crippen LogP contribution in [0.4, 0.5) is 5.69 Å². The summed E-state index contributed by atoms with van der Waals surface area (Å²) in [6, 6.07) is 6.47. The van der Waals surface area contributed by atoms with Gasteiger partial charge in [0.15, 0.2) is 0 Å². The van der Waals surface area contributed by atoms with Crippen molar-refractivity contribution in [2.45, 2.75) is 26.3 Å². The number of aliphatic carboxylic acids is 1. The molecule has 1 amide bonds. The number of nitrogens with zero attached hydrogens (tertiary/aromatic N) is 1. The van der Waals surface area contributed by atoms with Gasteiger partial charge in [0, 0.05) is 0 Å². The highest BCUT2D eigenvalue weighted by Crippen LogP contribution is 2.23. The van der Waals surface area contributed by atoms with Crippen LogP contribution in [0.15, 0.2) is 24.3 Å². The molecule has 0 aliphatic heterocycles. The van der Waals surface area contributed by atoms with E-state index in [1.165, 1.54) is 4.90 Å². The molecular weight excluding hydrogens is 272 g/mol. The molecule has 2 N–H and O–H groups in total. The van der Waals surface area contributed by atoms with Crippen molar-refractivity contribution in [2.24, 2.45) is 0 Å². The zero-order chi connectivity index (χ0) is 15.8. The van der Waals surface area contributed by atoms with Gasteiger partial charge < -0.3 is 15.2 Å². The first kappa shape index (κ1) is 17.0. The maximum atomic E-state index is 12.0. The van der Waals surface area contributed by atoms with Crippen molar-refractivity contribution >= 4 is 17.6 Å². The molecule has 1 rings (SSSR count). The molecule has 0 fully saturated rings. The number of amides is 1. The molecule has 0 aliphatic rings. The third-order valence-corrected chi connectivity index (χ3v) is 3.06. The predicted molar refractivity (Wildman–Crippen MR) is 80.6 cm³/mol. The van der Waals surface area contributed by atoms with Gasteiger partial charge in [-0.15, -0.1) is 0 Å². The molecule has 6 heteroatoms. The summed E-state index contributed by atoms with van der Waals surface area (Å²) in [5, 5.41) is 11.8. The van der Waals surface area contributed by atoms with Gasteiger partial charge in [-0.1, -0.05) is 19.1 Å². The van der Waals surface area contributed by atoms with E-state index >= 15 is 0 Å². The number of carbonyl (C=O) groups excluding carboxylic acids is 1. The maximum absolute atomic E-state index is 12.0. The van der Waals surface area contributed by atoms with Gasteiger partial charge in [0.05, 0.1) is 18.8 Å². The Hall–Kier alpha value is -2.08. The van der Waals surface area contributed by atoms with Crippen molar-refractivity contribution in [3.63, 3.8) is 0 Å². The predicted octanol–water partition coefficient (Wildman–Crippen LogP) is 1.82. The number of nitrogens with one attached hydrogen (secondary N) is 1. The first-order chi connectivity index (χ1) is 9.99. The van der Waals surface area contributed by atoms with Crippen LogP contribution in [-0.2, 0) is 9.59 Å². The van der Waals surface area contributed by atoms with Crippen LogP contribution >= 0.6 is 0 Å². The van der Waals surface area contributed by atoms with Crippen LogP contribution in [0.2, 0.25) is 0 Å². The van der Waals surface area contributed by atoms with Crippen molar-refractivity contribution in [3.05, 3.63) is 24.3 Å². The van der Waals surface area contributed by atoms with Crippen LogP contribution in [0, 0.1) is 0 Å². The number of hydrogen-bond donors (Lipinski definition) is 2. The summed E-state index contributed by atoms with van der Waals surface area (Å²) in [6.07, 6.45) is 0.439. The van der Waals surface area contributed by atoms with E-state index in [0.717, 1.165) is 0 Å². The highest BCUT2D eigenvalue weighted by Gasteiger charge is 2.22. The van der Waals surface area contributed by atoms with E-state index in [1.807, 2.05) is 13.0 Å². The molecule has 1 atom stereocenters. The smallest absolute Gasteiger partial charge is 0.320 e. The molecule has 0 saturated heterocycles. The molecule has 21 heavy (non-hydrogen) atoms. The lowest BCUT2D eigenvalue weighted by molar-refractivity contribution is -0.143. The number of hydrogen-bond acceptors (Lipinski definition) is 4. The average Bonchev–Trinajstić information content (AvgIpc) is 2.41. The van der Waals surface area contributed by atoms with Crippen LogP contribution in [0.25, 0.3) is 0 Å². The number of carboxylic acid groups (broad SMARTS) is 1. The number of carboxylic acids is 1. The van der Waals surface area contributed by atoms with Crippen LogP contribution in [-0.4, -0.2) is 48.1 Å². The third-order valence-electron chi connectivity index (χ3n) is 3.06. The molecule has 0 radical (unpaired) electrons. The second kappa shape index (κ2) is 8.26. The number of anilines is 1. The second-order valence-electron chi connectivity index (χ2n) is 4.65. The molecule has 0 aromatic heterocycles. The zero-order valence-electron chi connectivity index (χ0n) is 12.6. The lowest BCUT2D eigenvalue weighted by Gasteiger charge is -2.23. The van der Waals surface area contributed by atoms with Crippen LogP contribution in [0.3, 0.4) is 0 Å². The fourth-order valence-corrected chi connectivity index (χ4v) is 2.05. The summed E-state index contributed by atoms with van der Waals surface area (Å²) in [6.45, 7) is 4.15. The molecule has 1 unspecified atom stereocenters. The SMILES string of the molecule is CCOc1ccccc1NC(=O)CN(C)C(CC)C(=O)O. The van der Waals surface area contributed by atoms with Crippen molar-refractivity contribution < 1.29 is 19.4 Å². The van der Waals surface area contributed by atoms with Gasteiger partial charge in [0.2, 0.25) is 5.91 Å². The van der Waals surface area contributed by atoms with Gasteiger partial charge in [-0.3, -0.25) is 14.5 Å². The van der Waals surface area contributed by atoms with Gasteiger partial charge in [-0.2, -0.15) is 0 Å². The van der Waals surface area contributed by atoms with Gasteiger partial charge in [0.1, 0.15) is 11.8 Å². The molecule has 0 bridgehead atoms. The van der Waals surface area contributed by atoms with E-state index in [1.54, 1.807) is 32.2 Å². The number of benzene rings is 1. The molecule has 1 aromatic rings.